The van der Waals surface area contributed by atoms with Crippen LogP contribution in [0.1, 0.15) is 18.4 Å². The molecule has 1 N–H and O–H groups in total. The molecule has 4 aliphatic rings. The normalized spacial score (nSPS) is 33.6. The van der Waals surface area contributed by atoms with Crippen molar-refractivity contribution in [2.75, 3.05) is 49.8 Å². The molecule has 1 aromatic carbocycles. The van der Waals surface area contributed by atoms with Crippen LogP contribution in [-0.2, 0) is 10.3 Å². The third kappa shape index (κ3) is 3.93. The summed E-state index contributed by atoms with van der Waals surface area (Å²) in [6.45, 7) is 3.16. The first-order valence-corrected chi connectivity index (χ1v) is 12.2. The van der Waals surface area contributed by atoms with Crippen LogP contribution >= 0.6 is 23.5 Å². The van der Waals surface area contributed by atoms with Crippen molar-refractivity contribution in [3.8, 4) is 11.8 Å². The number of hydrogen-bond acceptors (Lipinski definition) is 5. The van der Waals surface area contributed by atoms with Crippen molar-refractivity contribution < 1.29 is 9.84 Å². The van der Waals surface area contributed by atoms with E-state index in [1.807, 2.05) is 53.9 Å². The standard InChI is InChI=1S/C22H29NO2S2/c1-25-21(17-23-11-7-18(21)8-12-23)9-10-22(24,19-5-3-2-4-6-19)20-15-26-13-14-27-16-20/h2-6,18,20,24H,7-8,11-17H2,1H3/t21-,22?/m1/s1. The Bertz CT molecular complexity index is 687. The fourth-order valence-electron chi connectivity index (χ4n) is 4.60. The van der Waals surface area contributed by atoms with Gasteiger partial charge in [-0.25, -0.2) is 0 Å². The second kappa shape index (κ2) is 8.39. The molecule has 0 spiro atoms. The van der Waals surface area contributed by atoms with Crippen molar-refractivity contribution in [2.45, 2.75) is 24.0 Å². The quantitative estimate of drug-likeness (QED) is 0.784. The van der Waals surface area contributed by atoms with Gasteiger partial charge in [0.05, 0.1) is 0 Å². The molecule has 1 unspecified atom stereocenters. The second-order valence-electron chi connectivity index (χ2n) is 7.87. The molecule has 4 heterocycles. The molecular weight excluding hydrogens is 374 g/mol. The van der Waals surface area contributed by atoms with Gasteiger partial charge in [-0.15, -0.1) is 0 Å². The molecule has 3 nitrogen and oxygen atoms in total. The molecule has 0 radical (unpaired) electrons. The van der Waals surface area contributed by atoms with Crippen LogP contribution in [0.25, 0.3) is 0 Å². The molecule has 2 bridgehead atoms. The summed E-state index contributed by atoms with van der Waals surface area (Å²) in [5.74, 6) is 11.7. The molecule has 4 aliphatic heterocycles. The van der Waals surface area contributed by atoms with Crippen LogP contribution in [0.4, 0.5) is 0 Å². The van der Waals surface area contributed by atoms with Crippen molar-refractivity contribution in [3.63, 3.8) is 0 Å². The SMILES string of the molecule is CO[C@]1(C#CC(O)(c2ccccc2)C2CSCCSC2)CN2CCC1CC2. The number of piperidine rings is 3. The number of thioether (sulfide) groups is 2. The number of methoxy groups -OCH3 is 1. The third-order valence-corrected chi connectivity index (χ3v) is 8.87. The number of hydrogen-bond donors (Lipinski definition) is 1. The van der Waals surface area contributed by atoms with Crippen molar-refractivity contribution in [1.29, 1.82) is 0 Å². The minimum absolute atomic E-state index is 0.125. The van der Waals surface area contributed by atoms with Crippen LogP contribution in [-0.4, -0.2) is 65.4 Å². The van der Waals surface area contributed by atoms with E-state index in [4.69, 9.17) is 4.74 Å². The lowest BCUT2D eigenvalue weighted by Crippen LogP contribution is -2.59. The Kier molecular flexibility index (Phi) is 6.11. The van der Waals surface area contributed by atoms with Gasteiger partial charge in [0.2, 0.25) is 0 Å². The molecule has 27 heavy (non-hydrogen) atoms. The molecule has 1 aromatic rings. The summed E-state index contributed by atoms with van der Waals surface area (Å²) in [6, 6.07) is 10.0. The Morgan fingerprint density at radius 1 is 1.15 bits per heavy atom. The second-order valence-corrected chi connectivity index (χ2v) is 10.2. The zero-order chi connectivity index (χ0) is 18.7. The number of aliphatic hydroxyl groups is 1. The van der Waals surface area contributed by atoms with Crippen molar-refractivity contribution in [3.05, 3.63) is 35.9 Å². The highest BCUT2D eigenvalue weighted by Crippen LogP contribution is 2.40. The molecule has 5 heteroatoms. The summed E-state index contributed by atoms with van der Waals surface area (Å²) in [5, 5.41) is 11.9. The van der Waals surface area contributed by atoms with Crippen molar-refractivity contribution >= 4 is 23.5 Å². The lowest BCUT2D eigenvalue weighted by Gasteiger charge is -2.50. The lowest BCUT2D eigenvalue weighted by molar-refractivity contribution is -0.0966. The van der Waals surface area contributed by atoms with E-state index in [9.17, 15) is 5.11 Å². The lowest BCUT2D eigenvalue weighted by atomic mass is 9.74. The van der Waals surface area contributed by atoms with Gasteiger partial charge >= 0.3 is 0 Å². The first-order valence-electron chi connectivity index (χ1n) is 9.91. The fourth-order valence-corrected chi connectivity index (χ4v) is 7.32. The van der Waals surface area contributed by atoms with Gasteiger partial charge in [0.1, 0.15) is 5.60 Å². The number of ether oxygens (including phenoxy) is 1. The van der Waals surface area contributed by atoms with Crippen molar-refractivity contribution in [1.82, 2.24) is 4.90 Å². The summed E-state index contributed by atoms with van der Waals surface area (Å²) in [4.78, 5) is 2.46. The van der Waals surface area contributed by atoms with Crippen molar-refractivity contribution in [2.24, 2.45) is 11.8 Å². The van der Waals surface area contributed by atoms with Gasteiger partial charge in [0.15, 0.2) is 5.60 Å². The van der Waals surface area contributed by atoms with E-state index in [1.54, 1.807) is 7.11 Å². The topological polar surface area (TPSA) is 32.7 Å². The zero-order valence-corrected chi connectivity index (χ0v) is 17.7. The molecule has 0 aromatic heterocycles. The highest BCUT2D eigenvalue weighted by atomic mass is 32.2. The molecule has 2 atom stereocenters. The molecule has 146 valence electrons. The van der Waals surface area contributed by atoms with E-state index in [-0.39, 0.29) is 5.92 Å². The molecular formula is C22H29NO2S2. The minimum Gasteiger partial charge on any atom is -0.373 e. The van der Waals surface area contributed by atoms with E-state index < -0.39 is 11.2 Å². The van der Waals surface area contributed by atoms with Gasteiger partial charge in [0, 0.05) is 48.5 Å². The van der Waals surface area contributed by atoms with Gasteiger partial charge in [-0.2, -0.15) is 23.5 Å². The zero-order valence-electron chi connectivity index (χ0n) is 16.0. The maximum absolute atomic E-state index is 11.9. The summed E-state index contributed by atoms with van der Waals surface area (Å²) < 4.78 is 6.02. The van der Waals surface area contributed by atoms with Gasteiger partial charge in [-0.05, 0) is 31.5 Å². The van der Waals surface area contributed by atoms with Crippen LogP contribution in [0.2, 0.25) is 0 Å². The Morgan fingerprint density at radius 3 is 2.37 bits per heavy atom. The van der Waals surface area contributed by atoms with Crippen LogP contribution < -0.4 is 0 Å². The number of fused-ring (bicyclic) bond motifs is 3. The molecule has 0 amide bonds. The molecule has 5 rings (SSSR count). The Balaban J connectivity index is 1.71. The molecule has 0 saturated carbocycles. The summed E-state index contributed by atoms with van der Waals surface area (Å²) >= 11 is 3.87. The summed E-state index contributed by atoms with van der Waals surface area (Å²) in [6.07, 6.45) is 2.28. The van der Waals surface area contributed by atoms with Crippen LogP contribution in [0.5, 0.6) is 0 Å². The monoisotopic (exact) mass is 403 g/mol. The first-order chi connectivity index (χ1) is 13.2. The predicted molar refractivity (Wildman–Crippen MR) is 115 cm³/mol. The number of benzene rings is 1. The maximum atomic E-state index is 11.9. The maximum Gasteiger partial charge on any atom is 0.155 e. The van der Waals surface area contributed by atoms with E-state index in [2.05, 4.69) is 16.7 Å². The Hall–Kier alpha value is -0.640. The van der Waals surface area contributed by atoms with E-state index >= 15 is 0 Å². The smallest absolute Gasteiger partial charge is 0.155 e. The molecule has 4 fully saturated rings. The van der Waals surface area contributed by atoms with Gasteiger partial charge in [0.25, 0.3) is 0 Å². The summed E-state index contributed by atoms with van der Waals surface area (Å²) in [7, 11) is 1.79. The highest BCUT2D eigenvalue weighted by Gasteiger charge is 2.47. The van der Waals surface area contributed by atoms with Crippen LogP contribution in [0.3, 0.4) is 0 Å². The fraction of sp³-hybridized carbons (Fsp3) is 0.636. The van der Waals surface area contributed by atoms with Gasteiger partial charge in [-0.3, -0.25) is 4.90 Å². The largest absolute Gasteiger partial charge is 0.373 e. The number of rotatable bonds is 3. The average molecular weight is 404 g/mol. The Labute approximate surface area is 171 Å². The minimum atomic E-state index is -1.12. The number of nitrogens with zero attached hydrogens (tertiary/aromatic N) is 1. The van der Waals surface area contributed by atoms with E-state index in [0.29, 0.717) is 5.92 Å². The van der Waals surface area contributed by atoms with Crippen LogP contribution in [0.15, 0.2) is 30.3 Å². The van der Waals surface area contributed by atoms with E-state index in [1.165, 1.54) is 0 Å². The average Bonchev–Trinajstić information content (AvgIpc) is 3.03. The Morgan fingerprint density at radius 2 is 1.81 bits per heavy atom. The molecule has 0 aliphatic carbocycles. The van der Waals surface area contributed by atoms with Gasteiger partial charge < -0.3 is 9.84 Å². The predicted octanol–water partition coefficient (Wildman–Crippen LogP) is 3.08. The van der Waals surface area contributed by atoms with Gasteiger partial charge in [-0.1, -0.05) is 42.2 Å². The molecule has 4 saturated heterocycles. The highest BCUT2D eigenvalue weighted by molar-refractivity contribution is 8.03. The van der Waals surface area contributed by atoms with E-state index in [0.717, 1.165) is 61.1 Å². The summed E-state index contributed by atoms with van der Waals surface area (Å²) in [5.41, 5.74) is -0.647. The third-order valence-electron chi connectivity index (χ3n) is 6.35. The first kappa shape index (κ1) is 19.7. The van der Waals surface area contributed by atoms with Crippen LogP contribution in [0, 0.1) is 23.7 Å².